The molecule has 3 atom stereocenters. The average Bonchev–Trinajstić information content (AvgIpc) is 3.44. The number of benzene rings is 1. The minimum absolute atomic E-state index is 0.00541. The quantitative estimate of drug-likeness (QED) is 0.838. The number of nitrogens with zero attached hydrogens (tertiary/aromatic N) is 1. The number of carbonyl (C=O) groups is 3. The predicted molar refractivity (Wildman–Crippen MR) is 88.6 cm³/mol. The zero-order valence-corrected chi connectivity index (χ0v) is 13.9. The van der Waals surface area contributed by atoms with Gasteiger partial charge in [-0.1, -0.05) is 13.0 Å². The molecule has 2 saturated carbocycles. The summed E-state index contributed by atoms with van der Waals surface area (Å²) in [6.45, 7) is 3.56. The molecule has 2 aliphatic rings. The van der Waals surface area contributed by atoms with E-state index in [4.69, 9.17) is 0 Å². The Morgan fingerprint density at radius 3 is 2.50 bits per heavy atom. The number of amides is 2. The van der Waals surface area contributed by atoms with Gasteiger partial charge in [0.05, 0.1) is 0 Å². The fourth-order valence-electron chi connectivity index (χ4n) is 2.93. The number of carboxylic acid groups (broad SMARTS) is 1. The Kier molecular flexibility index (Phi) is 4.30. The summed E-state index contributed by atoms with van der Waals surface area (Å²) >= 11 is 0. The van der Waals surface area contributed by atoms with Gasteiger partial charge in [-0.2, -0.15) is 0 Å². The number of anilines is 1. The lowest BCUT2D eigenvalue weighted by Gasteiger charge is -2.26. The lowest BCUT2D eigenvalue weighted by atomic mass is 10.1. The maximum absolute atomic E-state index is 12.8. The van der Waals surface area contributed by atoms with Crippen molar-refractivity contribution < 1.29 is 19.5 Å². The number of hydrogen-bond acceptors (Lipinski definition) is 3. The van der Waals surface area contributed by atoms with Crippen LogP contribution in [0.25, 0.3) is 0 Å². The standard InChI is InChI=1S/C18H22N2O4/c1-10-8-15(10)16(21)19-13-5-3-4-12(9-13)17(22)20(14-6-7-14)11(2)18(23)24/h3-5,9-11,14-15H,6-8H2,1-2H3,(H,19,21)(H,23,24). The smallest absolute Gasteiger partial charge is 0.326 e. The molecule has 3 rings (SSSR count). The van der Waals surface area contributed by atoms with Gasteiger partial charge in [-0.3, -0.25) is 9.59 Å². The third-order valence-electron chi connectivity index (χ3n) is 4.77. The molecule has 2 fully saturated rings. The third kappa shape index (κ3) is 3.42. The molecule has 2 aliphatic carbocycles. The second-order valence-electron chi connectivity index (χ2n) is 6.85. The van der Waals surface area contributed by atoms with Crippen molar-refractivity contribution in [2.24, 2.45) is 11.8 Å². The predicted octanol–water partition coefficient (Wildman–Crippen LogP) is 2.36. The number of aliphatic carboxylic acids is 1. The van der Waals surface area contributed by atoms with Crippen LogP contribution in [0.2, 0.25) is 0 Å². The molecule has 1 aromatic rings. The van der Waals surface area contributed by atoms with E-state index in [9.17, 15) is 19.5 Å². The van der Waals surface area contributed by atoms with E-state index in [0.717, 1.165) is 19.3 Å². The van der Waals surface area contributed by atoms with Gasteiger partial charge in [0.2, 0.25) is 5.91 Å². The lowest BCUT2D eigenvalue weighted by Crippen LogP contribution is -2.44. The second kappa shape index (κ2) is 6.26. The Balaban J connectivity index is 1.75. The number of hydrogen-bond donors (Lipinski definition) is 2. The molecule has 1 aromatic carbocycles. The first-order chi connectivity index (χ1) is 11.4. The first-order valence-electron chi connectivity index (χ1n) is 8.35. The van der Waals surface area contributed by atoms with Crippen molar-refractivity contribution >= 4 is 23.5 Å². The van der Waals surface area contributed by atoms with Crippen LogP contribution in [0.15, 0.2) is 24.3 Å². The van der Waals surface area contributed by atoms with E-state index in [0.29, 0.717) is 17.2 Å². The summed E-state index contributed by atoms with van der Waals surface area (Å²) in [5, 5.41) is 12.1. The summed E-state index contributed by atoms with van der Waals surface area (Å²) in [5.74, 6) is -0.869. The summed E-state index contributed by atoms with van der Waals surface area (Å²) < 4.78 is 0. The molecule has 2 amide bonds. The van der Waals surface area contributed by atoms with Gasteiger partial charge < -0.3 is 15.3 Å². The summed E-state index contributed by atoms with van der Waals surface area (Å²) in [6.07, 6.45) is 2.56. The SMILES string of the molecule is CC1CC1C(=O)Nc1cccc(C(=O)N(C2CC2)C(C)C(=O)O)c1. The molecule has 2 N–H and O–H groups in total. The molecule has 0 aliphatic heterocycles. The molecule has 0 saturated heterocycles. The molecule has 0 heterocycles. The Labute approximate surface area is 140 Å². The largest absolute Gasteiger partial charge is 0.480 e. The van der Waals surface area contributed by atoms with Crippen LogP contribution < -0.4 is 5.32 Å². The van der Waals surface area contributed by atoms with Gasteiger partial charge >= 0.3 is 5.97 Å². The first-order valence-corrected chi connectivity index (χ1v) is 8.35. The van der Waals surface area contributed by atoms with E-state index >= 15 is 0 Å². The van der Waals surface area contributed by atoms with Crippen molar-refractivity contribution in [2.75, 3.05) is 5.32 Å². The molecular weight excluding hydrogens is 308 g/mol. The van der Waals surface area contributed by atoms with Crippen LogP contribution >= 0.6 is 0 Å². The van der Waals surface area contributed by atoms with E-state index in [1.54, 1.807) is 24.3 Å². The minimum Gasteiger partial charge on any atom is -0.480 e. The van der Waals surface area contributed by atoms with Crippen LogP contribution in [0.5, 0.6) is 0 Å². The van der Waals surface area contributed by atoms with E-state index < -0.39 is 12.0 Å². The molecule has 0 radical (unpaired) electrons. The highest BCUT2D eigenvalue weighted by Crippen LogP contribution is 2.38. The van der Waals surface area contributed by atoms with Crippen molar-refractivity contribution in [3.05, 3.63) is 29.8 Å². The zero-order valence-electron chi connectivity index (χ0n) is 13.9. The first kappa shape index (κ1) is 16.5. The average molecular weight is 330 g/mol. The molecule has 0 aromatic heterocycles. The molecule has 6 nitrogen and oxygen atoms in total. The molecule has 128 valence electrons. The maximum Gasteiger partial charge on any atom is 0.326 e. The highest BCUT2D eigenvalue weighted by molar-refractivity contribution is 5.99. The normalized spacial score (nSPS) is 23.2. The van der Waals surface area contributed by atoms with Crippen molar-refractivity contribution in [3.63, 3.8) is 0 Å². The molecule has 0 spiro atoms. The summed E-state index contributed by atoms with van der Waals surface area (Å²) in [5.41, 5.74) is 0.973. The summed E-state index contributed by atoms with van der Waals surface area (Å²) in [4.78, 5) is 37.5. The summed E-state index contributed by atoms with van der Waals surface area (Å²) in [7, 11) is 0. The van der Waals surface area contributed by atoms with Crippen LogP contribution in [0.4, 0.5) is 5.69 Å². The van der Waals surface area contributed by atoms with Gasteiger partial charge in [0.15, 0.2) is 0 Å². The fourth-order valence-corrected chi connectivity index (χ4v) is 2.93. The zero-order chi connectivity index (χ0) is 17.4. The fraction of sp³-hybridized carbons (Fsp3) is 0.500. The van der Waals surface area contributed by atoms with Crippen molar-refractivity contribution in [3.8, 4) is 0 Å². The Morgan fingerprint density at radius 2 is 1.96 bits per heavy atom. The highest BCUT2D eigenvalue weighted by Gasteiger charge is 2.40. The minimum atomic E-state index is -1.01. The molecular formula is C18H22N2O4. The maximum atomic E-state index is 12.8. The molecule has 3 unspecified atom stereocenters. The van der Waals surface area contributed by atoms with Crippen LogP contribution in [-0.2, 0) is 9.59 Å². The van der Waals surface area contributed by atoms with Crippen LogP contribution in [-0.4, -0.2) is 39.9 Å². The molecule has 24 heavy (non-hydrogen) atoms. The number of rotatable bonds is 6. The van der Waals surface area contributed by atoms with E-state index in [2.05, 4.69) is 5.32 Å². The third-order valence-corrected chi connectivity index (χ3v) is 4.77. The van der Waals surface area contributed by atoms with Crippen molar-refractivity contribution in [2.45, 2.75) is 45.2 Å². The second-order valence-corrected chi connectivity index (χ2v) is 6.85. The van der Waals surface area contributed by atoms with E-state index in [1.807, 2.05) is 6.92 Å². The Bertz CT molecular complexity index is 683. The van der Waals surface area contributed by atoms with Gasteiger partial charge in [-0.05, 0) is 50.3 Å². The van der Waals surface area contributed by atoms with Crippen LogP contribution in [0.3, 0.4) is 0 Å². The Morgan fingerprint density at radius 1 is 1.29 bits per heavy atom. The van der Waals surface area contributed by atoms with E-state index in [1.165, 1.54) is 11.8 Å². The van der Waals surface area contributed by atoms with Gasteiger partial charge in [-0.25, -0.2) is 4.79 Å². The van der Waals surface area contributed by atoms with Crippen LogP contribution in [0, 0.1) is 11.8 Å². The summed E-state index contributed by atoms with van der Waals surface area (Å²) in [6, 6.07) is 5.85. The van der Waals surface area contributed by atoms with Gasteiger partial charge in [0, 0.05) is 23.2 Å². The van der Waals surface area contributed by atoms with Crippen LogP contribution in [0.1, 0.15) is 43.5 Å². The highest BCUT2D eigenvalue weighted by atomic mass is 16.4. The topological polar surface area (TPSA) is 86.7 Å². The molecule has 0 bridgehead atoms. The Hall–Kier alpha value is -2.37. The number of nitrogens with one attached hydrogen (secondary N) is 1. The van der Waals surface area contributed by atoms with Gasteiger partial charge in [0.25, 0.3) is 5.91 Å². The monoisotopic (exact) mass is 330 g/mol. The van der Waals surface area contributed by atoms with Gasteiger partial charge in [0.1, 0.15) is 6.04 Å². The molecule has 6 heteroatoms. The number of carbonyl (C=O) groups excluding carboxylic acids is 2. The lowest BCUT2D eigenvalue weighted by molar-refractivity contribution is -0.141. The van der Waals surface area contributed by atoms with Gasteiger partial charge in [-0.15, -0.1) is 0 Å². The van der Waals surface area contributed by atoms with Crippen molar-refractivity contribution in [1.29, 1.82) is 0 Å². The van der Waals surface area contributed by atoms with E-state index in [-0.39, 0.29) is 23.8 Å². The number of carboxylic acids is 1. The van der Waals surface area contributed by atoms with Crippen molar-refractivity contribution in [1.82, 2.24) is 4.90 Å².